The zero-order valence-corrected chi connectivity index (χ0v) is 15.6. The van der Waals surface area contributed by atoms with Crippen LogP contribution in [-0.4, -0.2) is 32.2 Å². The van der Waals surface area contributed by atoms with Gasteiger partial charge in [0.2, 0.25) is 5.91 Å². The molecule has 1 N–H and O–H groups in total. The average Bonchev–Trinajstić information content (AvgIpc) is 2.73. The summed E-state index contributed by atoms with van der Waals surface area (Å²) < 4.78 is 5.48. The second-order valence-corrected chi connectivity index (χ2v) is 6.85. The minimum absolute atomic E-state index is 0.00970. The highest BCUT2D eigenvalue weighted by atomic mass is 16.5. The van der Waals surface area contributed by atoms with Gasteiger partial charge in [0.1, 0.15) is 0 Å². The van der Waals surface area contributed by atoms with Crippen LogP contribution in [0.4, 0.5) is 11.4 Å². The second-order valence-electron chi connectivity index (χ2n) is 6.85. The average molecular weight is 363 g/mol. The Hall–Kier alpha value is -2.84. The van der Waals surface area contributed by atoms with Gasteiger partial charge in [0, 0.05) is 38.0 Å². The number of carbonyl (C=O) groups is 1. The molecule has 0 saturated carbocycles. The normalized spacial score (nSPS) is 16.6. The summed E-state index contributed by atoms with van der Waals surface area (Å²) in [7, 11) is 1.77. The summed E-state index contributed by atoms with van der Waals surface area (Å²) in [6.45, 7) is 1.95. The van der Waals surface area contributed by atoms with Gasteiger partial charge in [0.05, 0.1) is 17.7 Å². The minimum Gasteiger partial charge on any atom is -0.380 e. The van der Waals surface area contributed by atoms with E-state index in [0.29, 0.717) is 24.5 Å². The van der Waals surface area contributed by atoms with Gasteiger partial charge in [0.15, 0.2) is 0 Å². The largest absolute Gasteiger partial charge is 0.380 e. The Bertz CT molecular complexity index is 794. The van der Waals surface area contributed by atoms with Crippen molar-refractivity contribution in [2.75, 3.05) is 30.4 Å². The molecule has 2 aromatic rings. The lowest BCUT2D eigenvalue weighted by molar-refractivity contribution is -0.116. The van der Waals surface area contributed by atoms with E-state index in [1.165, 1.54) is 0 Å². The first-order chi connectivity index (χ1) is 13.2. The van der Waals surface area contributed by atoms with Gasteiger partial charge in [-0.25, -0.2) is 0 Å². The smallest absolute Gasteiger partial charge is 0.224 e. The topological polar surface area (TPSA) is 65.4 Å². The number of amides is 1. The summed E-state index contributed by atoms with van der Waals surface area (Å²) in [5, 5.41) is 11.8. The van der Waals surface area contributed by atoms with Crippen LogP contribution >= 0.6 is 0 Å². The van der Waals surface area contributed by atoms with Crippen molar-refractivity contribution in [1.82, 2.24) is 0 Å². The summed E-state index contributed by atoms with van der Waals surface area (Å²) in [4.78, 5) is 14.5. The third-order valence-electron chi connectivity index (χ3n) is 4.95. The number of benzene rings is 2. The Labute approximate surface area is 160 Å². The van der Waals surface area contributed by atoms with Crippen LogP contribution in [0.25, 0.3) is 0 Å². The lowest BCUT2D eigenvalue weighted by atomic mass is 10.1. The molecule has 1 aliphatic rings. The summed E-state index contributed by atoms with van der Waals surface area (Å²) in [5.74, 6) is -0.00970. The molecular formula is C22H25N3O2. The van der Waals surface area contributed by atoms with E-state index in [1.807, 2.05) is 36.4 Å². The monoisotopic (exact) mass is 363 g/mol. The van der Waals surface area contributed by atoms with Gasteiger partial charge in [0.25, 0.3) is 0 Å². The molecule has 1 aliphatic heterocycles. The fraction of sp³-hybridized carbons (Fsp3) is 0.364. The van der Waals surface area contributed by atoms with E-state index in [9.17, 15) is 4.79 Å². The van der Waals surface area contributed by atoms with E-state index >= 15 is 0 Å². The number of nitrogens with zero attached hydrogens (tertiary/aromatic N) is 2. The van der Waals surface area contributed by atoms with Crippen LogP contribution in [0.2, 0.25) is 0 Å². The number of aryl methyl sites for hydroxylation is 1. The lowest BCUT2D eigenvalue weighted by Gasteiger charge is -2.33. The van der Waals surface area contributed by atoms with Crippen LogP contribution in [0.3, 0.4) is 0 Å². The van der Waals surface area contributed by atoms with Crippen molar-refractivity contribution in [1.29, 1.82) is 5.26 Å². The van der Waals surface area contributed by atoms with Crippen molar-refractivity contribution in [3.05, 3.63) is 59.7 Å². The molecule has 5 nitrogen and oxygen atoms in total. The van der Waals surface area contributed by atoms with Gasteiger partial charge >= 0.3 is 0 Å². The maximum absolute atomic E-state index is 12.2. The van der Waals surface area contributed by atoms with Gasteiger partial charge in [-0.15, -0.1) is 0 Å². The molecule has 1 fully saturated rings. The Morgan fingerprint density at radius 3 is 2.63 bits per heavy atom. The Morgan fingerprint density at radius 1 is 1.22 bits per heavy atom. The van der Waals surface area contributed by atoms with Crippen LogP contribution in [0.1, 0.15) is 30.4 Å². The van der Waals surface area contributed by atoms with E-state index < -0.39 is 0 Å². The number of anilines is 2. The van der Waals surface area contributed by atoms with E-state index in [0.717, 1.165) is 42.9 Å². The molecule has 27 heavy (non-hydrogen) atoms. The minimum atomic E-state index is -0.00970. The first kappa shape index (κ1) is 18.9. The first-order valence-corrected chi connectivity index (χ1v) is 9.34. The molecule has 0 radical (unpaired) electrons. The summed E-state index contributed by atoms with van der Waals surface area (Å²) in [5.41, 5.74) is 3.65. The van der Waals surface area contributed by atoms with Crippen molar-refractivity contribution in [3.63, 3.8) is 0 Å². The van der Waals surface area contributed by atoms with Gasteiger partial charge < -0.3 is 15.0 Å². The quantitative estimate of drug-likeness (QED) is 0.849. The SMILES string of the molecule is CO[C@@H]1CCCN(c2ccc(NC(=O)CCc3ccc(C#N)cc3)cc2)C1. The summed E-state index contributed by atoms with van der Waals surface area (Å²) in [6.07, 6.45) is 3.60. The molecule has 0 unspecified atom stereocenters. The van der Waals surface area contributed by atoms with E-state index in [4.69, 9.17) is 10.00 Å². The molecule has 0 aromatic heterocycles. The summed E-state index contributed by atoms with van der Waals surface area (Å²) in [6, 6.07) is 17.4. The third kappa shape index (κ3) is 5.32. The highest BCUT2D eigenvalue weighted by Crippen LogP contribution is 2.23. The Morgan fingerprint density at radius 2 is 1.96 bits per heavy atom. The van der Waals surface area contributed by atoms with Crippen LogP contribution in [0, 0.1) is 11.3 Å². The number of nitrogens with one attached hydrogen (secondary N) is 1. The maximum Gasteiger partial charge on any atom is 0.224 e. The molecule has 5 heteroatoms. The number of hydrogen-bond acceptors (Lipinski definition) is 4. The number of hydrogen-bond donors (Lipinski definition) is 1. The molecule has 0 bridgehead atoms. The predicted octanol–water partition coefficient (Wildman–Crippen LogP) is 3.74. The highest BCUT2D eigenvalue weighted by Gasteiger charge is 2.19. The molecular weight excluding hydrogens is 338 g/mol. The number of rotatable bonds is 6. The zero-order chi connectivity index (χ0) is 19.1. The number of carbonyl (C=O) groups excluding carboxylic acids is 1. The highest BCUT2D eigenvalue weighted by molar-refractivity contribution is 5.91. The van der Waals surface area contributed by atoms with E-state index in [-0.39, 0.29) is 5.91 Å². The number of methoxy groups -OCH3 is 1. The van der Waals surface area contributed by atoms with Crippen molar-refractivity contribution in [2.45, 2.75) is 31.8 Å². The molecule has 3 rings (SSSR count). The fourth-order valence-corrected chi connectivity index (χ4v) is 3.35. The van der Waals surface area contributed by atoms with Crippen molar-refractivity contribution >= 4 is 17.3 Å². The standard InChI is InChI=1S/C22H25N3O2/c1-27-21-3-2-14-25(16-21)20-11-9-19(10-12-20)24-22(26)13-8-17-4-6-18(15-23)7-5-17/h4-7,9-12,21H,2-3,8,13-14,16H2,1H3,(H,24,26)/t21-/m1/s1. The third-order valence-corrected chi connectivity index (χ3v) is 4.95. The van der Waals surface area contributed by atoms with Gasteiger partial charge in [-0.05, 0) is 61.2 Å². The molecule has 1 amide bonds. The zero-order valence-electron chi connectivity index (χ0n) is 15.6. The van der Waals surface area contributed by atoms with Crippen molar-refractivity contribution < 1.29 is 9.53 Å². The Balaban J connectivity index is 1.50. The molecule has 0 spiro atoms. The van der Waals surface area contributed by atoms with Gasteiger partial charge in [-0.3, -0.25) is 4.79 Å². The van der Waals surface area contributed by atoms with Crippen LogP contribution in [0.5, 0.6) is 0 Å². The summed E-state index contributed by atoms with van der Waals surface area (Å²) >= 11 is 0. The number of nitriles is 1. The van der Waals surface area contributed by atoms with Crippen molar-refractivity contribution in [3.8, 4) is 6.07 Å². The molecule has 140 valence electrons. The van der Waals surface area contributed by atoms with E-state index in [1.54, 1.807) is 19.2 Å². The predicted molar refractivity (Wildman–Crippen MR) is 107 cm³/mol. The first-order valence-electron chi connectivity index (χ1n) is 9.34. The molecule has 1 heterocycles. The fourth-order valence-electron chi connectivity index (χ4n) is 3.35. The Kier molecular flexibility index (Phi) is 6.45. The van der Waals surface area contributed by atoms with Gasteiger partial charge in [-0.1, -0.05) is 12.1 Å². The maximum atomic E-state index is 12.2. The second kappa shape index (κ2) is 9.20. The van der Waals surface area contributed by atoms with Gasteiger partial charge in [-0.2, -0.15) is 5.26 Å². The molecule has 1 saturated heterocycles. The van der Waals surface area contributed by atoms with Crippen molar-refractivity contribution in [2.24, 2.45) is 0 Å². The number of ether oxygens (including phenoxy) is 1. The van der Waals surface area contributed by atoms with E-state index in [2.05, 4.69) is 16.3 Å². The molecule has 1 atom stereocenters. The lowest BCUT2D eigenvalue weighted by Crippen LogP contribution is -2.39. The molecule has 2 aromatic carbocycles. The van der Waals surface area contributed by atoms with Crippen LogP contribution in [-0.2, 0) is 16.0 Å². The van der Waals surface area contributed by atoms with Crippen LogP contribution in [0.15, 0.2) is 48.5 Å². The number of piperidine rings is 1. The molecule has 0 aliphatic carbocycles. The van der Waals surface area contributed by atoms with Crippen LogP contribution < -0.4 is 10.2 Å².